The van der Waals surface area contributed by atoms with Crippen molar-refractivity contribution < 1.29 is 16.8 Å². The minimum Gasteiger partial charge on any atom is -0.264 e. The summed E-state index contributed by atoms with van der Waals surface area (Å²) in [5.41, 5.74) is 1.38. The van der Waals surface area contributed by atoms with E-state index in [0.29, 0.717) is 5.56 Å². The Kier molecular flexibility index (Phi) is 5.18. The molecule has 1 heterocycles. The van der Waals surface area contributed by atoms with E-state index in [-0.39, 0.29) is 11.4 Å². The molecule has 0 fully saturated rings. The highest BCUT2D eigenvalue weighted by molar-refractivity contribution is 7.92. The highest BCUT2D eigenvalue weighted by Crippen LogP contribution is 2.28. The van der Waals surface area contributed by atoms with E-state index in [4.69, 9.17) is 0 Å². The van der Waals surface area contributed by atoms with E-state index in [1.807, 2.05) is 6.92 Å². The Morgan fingerprint density at radius 3 is 2.26 bits per heavy atom. The lowest BCUT2D eigenvalue weighted by Crippen LogP contribution is -2.31. The summed E-state index contributed by atoms with van der Waals surface area (Å²) in [5, 5.41) is -1.05. The van der Waals surface area contributed by atoms with Gasteiger partial charge in [-0.05, 0) is 30.7 Å². The standard InChI is InChI=1S/C15H18N2O4S2/c1-12-5-7-14(8-6-12)23(20,21)15(11-17-22(2,18)19)13-4-3-9-16-10-13/h3-10,15,17H,11H2,1-2H3/t15-/m1/s1. The fourth-order valence-electron chi connectivity index (χ4n) is 2.09. The molecule has 124 valence electrons. The van der Waals surface area contributed by atoms with E-state index < -0.39 is 25.1 Å². The number of aryl methyl sites for hydroxylation is 1. The molecule has 0 amide bonds. The summed E-state index contributed by atoms with van der Waals surface area (Å²) < 4.78 is 50.8. The average Bonchev–Trinajstić information content (AvgIpc) is 2.47. The van der Waals surface area contributed by atoms with Crippen molar-refractivity contribution in [2.24, 2.45) is 0 Å². The van der Waals surface area contributed by atoms with Gasteiger partial charge in [0.1, 0.15) is 5.25 Å². The molecule has 0 saturated heterocycles. The van der Waals surface area contributed by atoms with Gasteiger partial charge in [0.15, 0.2) is 9.84 Å². The van der Waals surface area contributed by atoms with Crippen LogP contribution in [-0.4, -0.2) is 34.6 Å². The molecule has 1 aromatic heterocycles. The van der Waals surface area contributed by atoms with Crippen LogP contribution in [0, 0.1) is 6.92 Å². The molecule has 1 aromatic carbocycles. The zero-order valence-corrected chi connectivity index (χ0v) is 14.4. The number of hydrogen-bond donors (Lipinski definition) is 1. The van der Waals surface area contributed by atoms with Gasteiger partial charge in [-0.3, -0.25) is 4.98 Å². The van der Waals surface area contributed by atoms with Crippen LogP contribution in [0.3, 0.4) is 0 Å². The predicted octanol–water partition coefficient (Wildman–Crippen LogP) is 1.45. The number of aromatic nitrogens is 1. The minimum absolute atomic E-state index is 0.146. The van der Waals surface area contributed by atoms with Crippen molar-refractivity contribution in [2.45, 2.75) is 17.1 Å². The normalized spacial score (nSPS) is 13.7. The summed E-state index contributed by atoms with van der Waals surface area (Å²) in [5.74, 6) is 0. The van der Waals surface area contributed by atoms with Crippen molar-refractivity contribution in [3.8, 4) is 0 Å². The second kappa shape index (κ2) is 6.77. The predicted molar refractivity (Wildman–Crippen MR) is 88.2 cm³/mol. The summed E-state index contributed by atoms with van der Waals surface area (Å²) in [6.45, 7) is 1.61. The molecule has 2 aromatic rings. The van der Waals surface area contributed by atoms with Gasteiger partial charge < -0.3 is 0 Å². The van der Waals surface area contributed by atoms with Crippen molar-refractivity contribution in [1.82, 2.24) is 9.71 Å². The number of pyridine rings is 1. The molecular weight excluding hydrogens is 336 g/mol. The van der Waals surface area contributed by atoms with Crippen molar-refractivity contribution in [3.63, 3.8) is 0 Å². The van der Waals surface area contributed by atoms with Crippen molar-refractivity contribution in [1.29, 1.82) is 0 Å². The van der Waals surface area contributed by atoms with E-state index in [0.717, 1.165) is 11.8 Å². The third kappa shape index (κ3) is 4.60. The quantitative estimate of drug-likeness (QED) is 0.847. The number of hydrogen-bond acceptors (Lipinski definition) is 5. The zero-order chi connectivity index (χ0) is 17.1. The van der Waals surface area contributed by atoms with E-state index >= 15 is 0 Å². The number of nitrogens with zero attached hydrogens (tertiary/aromatic N) is 1. The second-order valence-electron chi connectivity index (χ2n) is 5.25. The van der Waals surface area contributed by atoms with Crippen LogP contribution in [0.1, 0.15) is 16.4 Å². The van der Waals surface area contributed by atoms with Gasteiger partial charge in [0, 0.05) is 18.9 Å². The summed E-state index contributed by atoms with van der Waals surface area (Å²) in [6.07, 6.45) is 3.95. The first-order valence-electron chi connectivity index (χ1n) is 6.85. The van der Waals surface area contributed by atoms with Crippen LogP contribution in [-0.2, 0) is 19.9 Å². The highest BCUT2D eigenvalue weighted by atomic mass is 32.2. The molecule has 8 heteroatoms. The molecule has 23 heavy (non-hydrogen) atoms. The Hall–Kier alpha value is -1.77. The first-order chi connectivity index (χ1) is 10.7. The van der Waals surface area contributed by atoms with Crippen LogP contribution in [0.4, 0.5) is 0 Å². The highest BCUT2D eigenvalue weighted by Gasteiger charge is 2.30. The molecule has 0 aliphatic heterocycles. The Labute approximate surface area is 136 Å². The first-order valence-corrected chi connectivity index (χ1v) is 10.3. The summed E-state index contributed by atoms with van der Waals surface area (Å²) in [4.78, 5) is 4.08. The van der Waals surface area contributed by atoms with Gasteiger partial charge in [0.2, 0.25) is 10.0 Å². The van der Waals surface area contributed by atoms with Crippen molar-refractivity contribution >= 4 is 19.9 Å². The van der Waals surface area contributed by atoms with Gasteiger partial charge in [-0.15, -0.1) is 0 Å². The third-order valence-electron chi connectivity index (χ3n) is 3.31. The van der Waals surface area contributed by atoms with Crippen LogP contribution in [0.15, 0.2) is 53.7 Å². The van der Waals surface area contributed by atoms with E-state index in [1.54, 1.807) is 24.3 Å². The average molecular weight is 354 g/mol. The molecular formula is C15H18N2O4S2. The molecule has 0 aliphatic carbocycles. The SMILES string of the molecule is Cc1ccc(S(=O)(=O)[C@H](CNS(C)(=O)=O)c2cccnc2)cc1. The van der Waals surface area contributed by atoms with Gasteiger partial charge in [-0.2, -0.15) is 0 Å². The molecule has 2 rings (SSSR count). The van der Waals surface area contributed by atoms with E-state index in [9.17, 15) is 16.8 Å². The van der Waals surface area contributed by atoms with Crippen molar-refractivity contribution in [3.05, 3.63) is 59.9 Å². The summed E-state index contributed by atoms with van der Waals surface area (Å²) in [7, 11) is -7.27. The molecule has 1 N–H and O–H groups in total. The maximum atomic E-state index is 12.9. The van der Waals surface area contributed by atoms with Gasteiger partial charge >= 0.3 is 0 Å². The molecule has 0 unspecified atom stereocenters. The van der Waals surface area contributed by atoms with E-state index in [2.05, 4.69) is 9.71 Å². The van der Waals surface area contributed by atoms with Gasteiger partial charge in [-0.1, -0.05) is 23.8 Å². The number of benzene rings is 1. The van der Waals surface area contributed by atoms with Crippen molar-refractivity contribution in [2.75, 3.05) is 12.8 Å². The van der Waals surface area contributed by atoms with Gasteiger partial charge in [-0.25, -0.2) is 21.6 Å². The van der Waals surface area contributed by atoms with Gasteiger partial charge in [0.25, 0.3) is 0 Å². The second-order valence-corrected chi connectivity index (χ2v) is 9.22. The largest absolute Gasteiger partial charge is 0.264 e. The van der Waals surface area contributed by atoms with Crippen LogP contribution in [0.25, 0.3) is 0 Å². The zero-order valence-electron chi connectivity index (χ0n) is 12.8. The molecule has 0 bridgehead atoms. The lowest BCUT2D eigenvalue weighted by molar-refractivity contribution is 0.571. The fourth-order valence-corrected chi connectivity index (χ4v) is 4.31. The monoisotopic (exact) mass is 354 g/mol. The summed E-state index contributed by atoms with van der Waals surface area (Å²) in [6, 6.07) is 9.69. The number of rotatable bonds is 6. The Morgan fingerprint density at radius 1 is 1.09 bits per heavy atom. The maximum Gasteiger partial charge on any atom is 0.208 e. The number of sulfone groups is 1. The Morgan fingerprint density at radius 2 is 1.74 bits per heavy atom. The number of sulfonamides is 1. The molecule has 0 saturated carbocycles. The Bertz CT molecular complexity index is 861. The maximum absolute atomic E-state index is 12.9. The van der Waals surface area contributed by atoms with Crippen LogP contribution >= 0.6 is 0 Å². The molecule has 0 radical (unpaired) electrons. The topological polar surface area (TPSA) is 93.2 Å². The van der Waals surface area contributed by atoms with Crippen LogP contribution in [0.5, 0.6) is 0 Å². The molecule has 1 atom stereocenters. The molecule has 0 aliphatic rings. The number of nitrogens with one attached hydrogen (secondary N) is 1. The fraction of sp³-hybridized carbons (Fsp3) is 0.267. The van der Waals surface area contributed by atoms with Gasteiger partial charge in [0.05, 0.1) is 11.2 Å². The first kappa shape index (κ1) is 17.6. The van der Waals surface area contributed by atoms with Crippen LogP contribution in [0.2, 0.25) is 0 Å². The van der Waals surface area contributed by atoms with E-state index in [1.165, 1.54) is 24.5 Å². The smallest absolute Gasteiger partial charge is 0.208 e. The lowest BCUT2D eigenvalue weighted by Gasteiger charge is -2.18. The molecule has 0 spiro atoms. The molecule has 6 nitrogen and oxygen atoms in total. The minimum atomic E-state index is -3.76. The lowest BCUT2D eigenvalue weighted by atomic mass is 10.2. The summed E-state index contributed by atoms with van der Waals surface area (Å²) >= 11 is 0. The third-order valence-corrected chi connectivity index (χ3v) is 6.12. The van der Waals surface area contributed by atoms with Crippen LogP contribution < -0.4 is 4.72 Å². The Balaban J connectivity index is 2.45.